The maximum atomic E-state index is 11.6. The molecular weight excluding hydrogens is 210 g/mol. The molecule has 0 aromatic carbocycles. The Hall–Kier alpha value is -1.43. The summed E-state index contributed by atoms with van der Waals surface area (Å²) in [6.45, 7) is 1.74. The zero-order valence-corrected chi connectivity index (χ0v) is 9.23. The zero-order chi connectivity index (χ0) is 11.7. The van der Waals surface area contributed by atoms with Gasteiger partial charge in [0.15, 0.2) is 0 Å². The molecule has 2 heterocycles. The van der Waals surface area contributed by atoms with Gasteiger partial charge in [-0.2, -0.15) is 0 Å². The summed E-state index contributed by atoms with van der Waals surface area (Å²) in [6.07, 6.45) is 1.35. The number of nitrogens with one attached hydrogen (secondary N) is 1. The summed E-state index contributed by atoms with van der Waals surface area (Å²) in [6, 6.07) is -0.618. The van der Waals surface area contributed by atoms with E-state index in [0.717, 1.165) is 25.9 Å². The van der Waals surface area contributed by atoms with Gasteiger partial charge in [-0.3, -0.25) is 19.8 Å². The average molecular weight is 225 g/mol. The third kappa shape index (κ3) is 2.06. The van der Waals surface area contributed by atoms with Crippen LogP contribution in [0.1, 0.15) is 19.3 Å². The molecule has 2 rings (SSSR count). The predicted octanol–water partition coefficient (Wildman–Crippen LogP) is -0.451. The molecule has 2 fully saturated rings. The average Bonchev–Trinajstić information content (AvgIpc) is 2.19. The SMILES string of the molecule is CN1CCC(N2C(=O)CC(=O)NC2=O)CC1. The van der Waals surface area contributed by atoms with Crippen molar-refractivity contribution < 1.29 is 14.4 Å². The van der Waals surface area contributed by atoms with Crippen LogP contribution < -0.4 is 5.32 Å². The molecule has 16 heavy (non-hydrogen) atoms. The highest BCUT2D eigenvalue weighted by atomic mass is 16.2. The highest BCUT2D eigenvalue weighted by Gasteiger charge is 2.36. The van der Waals surface area contributed by atoms with E-state index < -0.39 is 11.9 Å². The monoisotopic (exact) mass is 225 g/mol. The highest BCUT2D eigenvalue weighted by molar-refractivity contribution is 6.14. The first-order valence-electron chi connectivity index (χ1n) is 5.42. The Balaban J connectivity index is 2.05. The summed E-state index contributed by atoms with van der Waals surface area (Å²) in [4.78, 5) is 37.5. The number of nitrogens with zero attached hydrogens (tertiary/aromatic N) is 2. The number of imide groups is 2. The van der Waals surface area contributed by atoms with Crippen LogP contribution in [0.3, 0.4) is 0 Å². The Morgan fingerprint density at radius 3 is 2.38 bits per heavy atom. The van der Waals surface area contributed by atoms with E-state index >= 15 is 0 Å². The van der Waals surface area contributed by atoms with Gasteiger partial charge in [0.1, 0.15) is 6.42 Å². The Bertz CT molecular complexity index is 314. The Morgan fingerprint density at radius 1 is 1.19 bits per heavy atom. The van der Waals surface area contributed by atoms with Crippen molar-refractivity contribution in [1.29, 1.82) is 0 Å². The third-order valence-electron chi connectivity index (χ3n) is 3.10. The Morgan fingerprint density at radius 2 is 1.81 bits per heavy atom. The summed E-state index contributed by atoms with van der Waals surface area (Å²) < 4.78 is 0. The van der Waals surface area contributed by atoms with Crippen molar-refractivity contribution in [3.05, 3.63) is 0 Å². The van der Waals surface area contributed by atoms with Gasteiger partial charge >= 0.3 is 6.03 Å². The molecule has 2 aliphatic rings. The van der Waals surface area contributed by atoms with Crippen molar-refractivity contribution in [2.75, 3.05) is 20.1 Å². The summed E-state index contributed by atoms with van der Waals surface area (Å²) in [7, 11) is 2.01. The lowest BCUT2D eigenvalue weighted by atomic mass is 10.0. The second kappa shape index (κ2) is 4.21. The van der Waals surface area contributed by atoms with Crippen molar-refractivity contribution in [3.63, 3.8) is 0 Å². The van der Waals surface area contributed by atoms with Crippen LogP contribution in [0.2, 0.25) is 0 Å². The predicted molar refractivity (Wildman–Crippen MR) is 55.5 cm³/mol. The first kappa shape index (κ1) is 11.1. The van der Waals surface area contributed by atoms with E-state index in [2.05, 4.69) is 10.2 Å². The van der Waals surface area contributed by atoms with Crippen molar-refractivity contribution >= 4 is 17.8 Å². The van der Waals surface area contributed by atoms with Gasteiger partial charge in [-0.1, -0.05) is 0 Å². The lowest BCUT2D eigenvalue weighted by Crippen LogP contribution is -2.58. The number of likely N-dealkylation sites (tertiary alicyclic amines) is 1. The van der Waals surface area contributed by atoms with Gasteiger partial charge in [-0.15, -0.1) is 0 Å². The largest absolute Gasteiger partial charge is 0.331 e. The van der Waals surface area contributed by atoms with E-state index in [1.165, 1.54) is 4.90 Å². The molecule has 2 saturated heterocycles. The van der Waals surface area contributed by atoms with Crippen LogP contribution >= 0.6 is 0 Å². The summed E-state index contributed by atoms with van der Waals surface area (Å²) >= 11 is 0. The quantitative estimate of drug-likeness (QED) is 0.614. The molecule has 2 aliphatic heterocycles. The van der Waals surface area contributed by atoms with Crippen LogP contribution in [-0.4, -0.2) is 53.8 Å². The summed E-state index contributed by atoms with van der Waals surface area (Å²) in [5.41, 5.74) is 0. The molecule has 6 nitrogen and oxygen atoms in total. The van der Waals surface area contributed by atoms with Crippen LogP contribution in [0.25, 0.3) is 0 Å². The maximum Gasteiger partial charge on any atom is 0.331 e. The first-order chi connectivity index (χ1) is 7.58. The fourth-order valence-electron chi connectivity index (χ4n) is 2.18. The van der Waals surface area contributed by atoms with Gasteiger partial charge in [0.25, 0.3) is 0 Å². The number of carbonyl (C=O) groups excluding carboxylic acids is 3. The molecule has 0 spiro atoms. The molecule has 0 unspecified atom stereocenters. The number of barbiturate groups is 1. The standard InChI is InChI=1S/C10H15N3O3/c1-12-4-2-7(3-5-12)13-9(15)6-8(14)11-10(13)16/h7H,2-6H2,1H3,(H,11,14,16). The molecule has 0 bridgehead atoms. The fraction of sp³-hybridized carbons (Fsp3) is 0.700. The van der Waals surface area contributed by atoms with Crippen molar-refractivity contribution in [2.45, 2.75) is 25.3 Å². The molecule has 0 atom stereocenters. The van der Waals surface area contributed by atoms with E-state index in [1.54, 1.807) is 0 Å². The van der Waals surface area contributed by atoms with E-state index in [0.29, 0.717) is 0 Å². The molecule has 0 saturated carbocycles. The van der Waals surface area contributed by atoms with Crippen LogP contribution in [0.5, 0.6) is 0 Å². The summed E-state index contributed by atoms with van der Waals surface area (Å²) in [5.74, 6) is -0.873. The van der Waals surface area contributed by atoms with Crippen molar-refractivity contribution in [3.8, 4) is 0 Å². The molecule has 6 heteroatoms. The molecule has 0 aliphatic carbocycles. The minimum Gasteiger partial charge on any atom is -0.306 e. The van der Waals surface area contributed by atoms with Crippen molar-refractivity contribution in [1.82, 2.24) is 15.1 Å². The first-order valence-corrected chi connectivity index (χ1v) is 5.42. The maximum absolute atomic E-state index is 11.6. The molecule has 1 N–H and O–H groups in total. The number of hydrogen-bond donors (Lipinski definition) is 1. The molecule has 88 valence electrons. The second-order valence-electron chi connectivity index (χ2n) is 4.33. The second-order valence-corrected chi connectivity index (χ2v) is 4.33. The van der Waals surface area contributed by atoms with Crippen LogP contribution in [0, 0.1) is 0 Å². The zero-order valence-electron chi connectivity index (χ0n) is 9.23. The number of carbonyl (C=O) groups is 3. The van der Waals surface area contributed by atoms with Gasteiger partial charge in [0.05, 0.1) is 0 Å². The normalized spacial score (nSPS) is 24.8. The number of amides is 4. The topological polar surface area (TPSA) is 69.7 Å². The van der Waals surface area contributed by atoms with E-state index in [-0.39, 0.29) is 18.4 Å². The van der Waals surface area contributed by atoms with E-state index in [1.807, 2.05) is 7.05 Å². The number of urea groups is 1. The lowest BCUT2D eigenvalue weighted by molar-refractivity contribution is -0.138. The molecule has 4 amide bonds. The van der Waals surface area contributed by atoms with Crippen LogP contribution in [0.15, 0.2) is 0 Å². The smallest absolute Gasteiger partial charge is 0.306 e. The van der Waals surface area contributed by atoms with Crippen LogP contribution in [0.4, 0.5) is 4.79 Å². The Labute approximate surface area is 93.6 Å². The van der Waals surface area contributed by atoms with Gasteiger partial charge < -0.3 is 4.90 Å². The fourth-order valence-corrected chi connectivity index (χ4v) is 2.18. The summed E-state index contributed by atoms with van der Waals surface area (Å²) in [5, 5.41) is 2.18. The number of hydrogen-bond acceptors (Lipinski definition) is 4. The molecular formula is C10H15N3O3. The van der Waals surface area contributed by atoms with Gasteiger partial charge in [-0.25, -0.2) is 4.79 Å². The van der Waals surface area contributed by atoms with E-state index in [4.69, 9.17) is 0 Å². The minimum atomic E-state index is -0.559. The number of piperidine rings is 1. The van der Waals surface area contributed by atoms with Gasteiger partial charge in [0, 0.05) is 6.04 Å². The third-order valence-corrected chi connectivity index (χ3v) is 3.10. The van der Waals surface area contributed by atoms with Crippen LogP contribution in [-0.2, 0) is 9.59 Å². The molecule has 0 aromatic heterocycles. The minimum absolute atomic E-state index is 0.0585. The van der Waals surface area contributed by atoms with E-state index in [9.17, 15) is 14.4 Å². The molecule has 0 radical (unpaired) electrons. The highest BCUT2D eigenvalue weighted by Crippen LogP contribution is 2.18. The van der Waals surface area contributed by atoms with Crippen molar-refractivity contribution in [2.24, 2.45) is 0 Å². The lowest BCUT2D eigenvalue weighted by Gasteiger charge is -2.37. The van der Waals surface area contributed by atoms with Gasteiger partial charge in [0.2, 0.25) is 11.8 Å². The van der Waals surface area contributed by atoms with Gasteiger partial charge in [-0.05, 0) is 33.0 Å². The molecule has 0 aromatic rings. The Kier molecular flexibility index (Phi) is 2.91. The number of rotatable bonds is 1.